The second kappa shape index (κ2) is 3.84. The fourth-order valence-electron chi connectivity index (χ4n) is 0. The van der Waals surface area contributed by atoms with Crippen molar-refractivity contribution in [3.05, 3.63) is 15.3 Å². The zero-order chi connectivity index (χ0) is 3.58. The van der Waals surface area contributed by atoms with Gasteiger partial charge in [-0.15, -0.1) is 0 Å². The predicted octanol–water partition coefficient (Wildman–Crippen LogP) is -0.507. The molecule has 27 valence electrons. The van der Waals surface area contributed by atoms with Crippen molar-refractivity contribution in [2.24, 2.45) is 0 Å². The van der Waals surface area contributed by atoms with E-state index in [4.69, 9.17) is 15.3 Å². The molecule has 0 unspecified atom stereocenters. The molecule has 1 radical (unpaired) electrons. The van der Waals surface area contributed by atoms with Crippen molar-refractivity contribution in [3.63, 3.8) is 0 Å². The quantitative estimate of drug-likeness (QED) is 0.254. The van der Waals surface area contributed by atoms with Crippen molar-refractivity contribution in [1.29, 1.82) is 0 Å². The molecule has 0 amide bonds. The minimum absolute atomic E-state index is 0. The third kappa shape index (κ3) is 483. The fraction of sp³-hybridized carbons (Fsp3) is 0. The maximum atomic E-state index is 8.25. The number of nitrogens with zero attached hydrogens (tertiary/aromatic N) is 1. The molecule has 0 atom stereocenters. The molecule has 0 aromatic carbocycles. The van der Waals surface area contributed by atoms with Gasteiger partial charge in [-0.3, -0.25) is 0 Å². The molecule has 0 heterocycles. The van der Waals surface area contributed by atoms with Crippen LogP contribution < -0.4 is 0 Å². The Bertz CT molecular complexity index is 33.8. The molecule has 0 aliphatic rings. The minimum Gasteiger partial charge on any atom is -1.00 e. The van der Waals surface area contributed by atoms with Crippen molar-refractivity contribution in [3.8, 4) is 0 Å². The molecule has 0 bridgehead atoms. The second-order valence-electron chi connectivity index (χ2n) is 0.224. The maximum Gasteiger partial charge on any atom is 2.00 e. The van der Waals surface area contributed by atoms with E-state index in [1.54, 1.807) is 0 Å². The van der Waals surface area contributed by atoms with Crippen LogP contribution in [-0.2, 0) is 0 Å². The van der Waals surface area contributed by atoms with E-state index in [0.29, 0.717) is 0 Å². The molecule has 5 heavy (non-hydrogen) atoms. The summed E-state index contributed by atoms with van der Waals surface area (Å²) in [5, 5.41) is 14.8. The van der Waals surface area contributed by atoms with E-state index in [-0.39, 0.29) is 21.2 Å². The molecule has 0 N–H and O–H groups in total. The van der Waals surface area contributed by atoms with Gasteiger partial charge in [0, 0.05) is 0 Å². The first-order valence-electron chi connectivity index (χ1n) is 0.548. The molecule has 0 saturated heterocycles. The Hall–Kier alpha value is -0.164. The molecule has 0 aromatic rings. The van der Waals surface area contributed by atoms with Crippen LogP contribution in [-0.4, -0.2) is 24.9 Å². The molecular formula is HGaNO3. The van der Waals surface area contributed by atoms with Crippen LogP contribution in [0.4, 0.5) is 0 Å². The van der Waals surface area contributed by atoms with E-state index in [1.165, 1.54) is 0 Å². The minimum atomic E-state index is -1.75. The third-order valence-electron chi connectivity index (χ3n) is 0. The standard InChI is InChI=1S/Ga.NO3.H/c;2-1(3)4;/q+2;2*-1. The van der Waals surface area contributed by atoms with E-state index >= 15 is 0 Å². The van der Waals surface area contributed by atoms with E-state index in [1.807, 2.05) is 0 Å². The van der Waals surface area contributed by atoms with Crippen molar-refractivity contribution in [2.45, 2.75) is 0 Å². The Morgan fingerprint density at radius 3 is 1.60 bits per heavy atom. The van der Waals surface area contributed by atoms with Gasteiger partial charge in [-0.05, 0) is 0 Å². The van der Waals surface area contributed by atoms with Gasteiger partial charge in [0.2, 0.25) is 0 Å². The normalized spacial score (nSPS) is 4.80. The van der Waals surface area contributed by atoms with Gasteiger partial charge in [0.25, 0.3) is 0 Å². The van der Waals surface area contributed by atoms with Crippen molar-refractivity contribution < 1.29 is 6.51 Å². The molecule has 0 aromatic heterocycles. The number of hydrogen-bond acceptors (Lipinski definition) is 3. The molecule has 0 spiro atoms. The smallest absolute Gasteiger partial charge is 1.00 e. The first-order valence-corrected chi connectivity index (χ1v) is 0.548. The predicted molar refractivity (Wildman–Crippen MR) is 17.2 cm³/mol. The van der Waals surface area contributed by atoms with Crippen LogP contribution in [0.1, 0.15) is 1.43 Å². The first-order chi connectivity index (χ1) is 1.73. The van der Waals surface area contributed by atoms with E-state index in [9.17, 15) is 0 Å². The van der Waals surface area contributed by atoms with E-state index in [0.717, 1.165) is 0 Å². The summed E-state index contributed by atoms with van der Waals surface area (Å²) >= 11 is 0. The topological polar surface area (TPSA) is 66.2 Å². The molecule has 0 saturated carbocycles. The van der Waals surface area contributed by atoms with Crippen LogP contribution in [0.2, 0.25) is 0 Å². The molecule has 0 fully saturated rings. The van der Waals surface area contributed by atoms with Gasteiger partial charge < -0.3 is 16.7 Å². The third-order valence-corrected chi connectivity index (χ3v) is 0. The summed E-state index contributed by atoms with van der Waals surface area (Å²) in [7, 11) is 0. The molecule has 0 aliphatic carbocycles. The van der Waals surface area contributed by atoms with Gasteiger partial charge in [0.1, 0.15) is 0 Å². The summed E-state index contributed by atoms with van der Waals surface area (Å²) in [5.41, 5.74) is 0. The molecule has 0 rings (SSSR count). The monoisotopic (exact) mass is 132 g/mol. The molecule has 4 nitrogen and oxygen atoms in total. The Morgan fingerprint density at radius 2 is 1.60 bits per heavy atom. The summed E-state index contributed by atoms with van der Waals surface area (Å²) in [6, 6.07) is 0. The molecular weight excluding hydrogens is 132 g/mol. The van der Waals surface area contributed by atoms with Crippen molar-refractivity contribution >= 4 is 19.8 Å². The van der Waals surface area contributed by atoms with Crippen LogP contribution in [0.25, 0.3) is 0 Å². The SMILES string of the molecule is O=[N+]([O-])[O-].[Ga+2].[H-]. The second-order valence-corrected chi connectivity index (χ2v) is 0.224. The Morgan fingerprint density at radius 1 is 1.60 bits per heavy atom. The van der Waals surface area contributed by atoms with E-state index in [2.05, 4.69) is 0 Å². The van der Waals surface area contributed by atoms with Gasteiger partial charge in [0.15, 0.2) is 0 Å². The van der Waals surface area contributed by atoms with Crippen LogP contribution in [0.15, 0.2) is 0 Å². The van der Waals surface area contributed by atoms with Gasteiger partial charge in [-0.2, -0.15) is 0 Å². The largest absolute Gasteiger partial charge is 2.00 e. The summed E-state index contributed by atoms with van der Waals surface area (Å²) in [6.45, 7) is 0. The van der Waals surface area contributed by atoms with Crippen LogP contribution in [0.3, 0.4) is 0 Å². The van der Waals surface area contributed by atoms with Gasteiger partial charge in [-0.25, -0.2) is 0 Å². The first kappa shape index (κ1) is 8.85. The van der Waals surface area contributed by atoms with Crippen molar-refractivity contribution in [1.82, 2.24) is 0 Å². The number of rotatable bonds is 0. The zero-order valence-corrected chi connectivity index (χ0v) is 4.67. The molecule has 5 heteroatoms. The Kier molecular flexibility index (Phi) is 6.79. The van der Waals surface area contributed by atoms with Gasteiger partial charge >= 0.3 is 19.8 Å². The zero-order valence-electron chi connectivity index (χ0n) is 3.25. The summed E-state index contributed by atoms with van der Waals surface area (Å²) in [6.07, 6.45) is 0. The van der Waals surface area contributed by atoms with E-state index < -0.39 is 5.09 Å². The number of hydrogen-bond donors (Lipinski definition) is 0. The van der Waals surface area contributed by atoms with Crippen LogP contribution in [0.5, 0.6) is 0 Å². The summed E-state index contributed by atoms with van der Waals surface area (Å²) in [4.78, 5) is 8.25. The van der Waals surface area contributed by atoms with Gasteiger partial charge in [-0.1, -0.05) is 0 Å². The fourth-order valence-corrected chi connectivity index (χ4v) is 0. The average Bonchev–Trinajstić information content (AvgIpc) is 0.811. The summed E-state index contributed by atoms with van der Waals surface area (Å²) in [5.74, 6) is 0. The Labute approximate surface area is 42.4 Å². The molecule has 0 aliphatic heterocycles. The average molecular weight is 133 g/mol. The van der Waals surface area contributed by atoms with Crippen LogP contribution >= 0.6 is 0 Å². The van der Waals surface area contributed by atoms with Crippen LogP contribution in [0, 0.1) is 15.3 Å². The Balaban J connectivity index is -0.0000000450. The maximum absolute atomic E-state index is 8.25. The van der Waals surface area contributed by atoms with Gasteiger partial charge in [0.05, 0.1) is 5.09 Å². The summed E-state index contributed by atoms with van der Waals surface area (Å²) < 4.78 is 0. The van der Waals surface area contributed by atoms with Crippen molar-refractivity contribution in [2.75, 3.05) is 0 Å².